The summed E-state index contributed by atoms with van der Waals surface area (Å²) in [5.41, 5.74) is 0.805. The van der Waals surface area contributed by atoms with Crippen molar-refractivity contribution >= 4 is 33.2 Å². The van der Waals surface area contributed by atoms with Gasteiger partial charge >= 0.3 is 0 Å². The lowest BCUT2D eigenvalue weighted by Crippen LogP contribution is -2.35. The quantitative estimate of drug-likeness (QED) is 0.831. The van der Waals surface area contributed by atoms with Crippen LogP contribution in [-0.2, 0) is 0 Å². The van der Waals surface area contributed by atoms with E-state index in [1.165, 1.54) is 24.2 Å². The van der Waals surface area contributed by atoms with Crippen molar-refractivity contribution in [2.75, 3.05) is 27.2 Å². The zero-order chi connectivity index (χ0) is 13.3. The summed E-state index contributed by atoms with van der Waals surface area (Å²) in [6.45, 7) is 3.57. The van der Waals surface area contributed by atoms with Crippen LogP contribution >= 0.6 is 27.3 Å². The molecule has 4 nitrogen and oxygen atoms in total. The number of likely N-dealkylation sites (N-methyl/N-ethyl adjacent to an activating group) is 2. The molecule has 0 aromatic carbocycles. The summed E-state index contributed by atoms with van der Waals surface area (Å²) >= 11 is 4.72. The molecule has 0 N–H and O–H groups in total. The Balaban J connectivity index is 1.89. The van der Waals surface area contributed by atoms with E-state index in [2.05, 4.69) is 32.9 Å². The number of thiazole rings is 1. The van der Waals surface area contributed by atoms with Crippen molar-refractivity contribution in [1.29, 1.82) is 0 Å². The maximum absolute atomic E-state index is 12.2. The van der Waals surface area contributed by atoms with Crippen LogP contribution in [0.25, 0.3) is 0 Å². The number of aryl methyl sites for hydroxylation is 1. The van der Waals surface area contributed by atoms with E-state index in [-0.39, 0.29) is 5.91 Å². The van der Waals surface area contributed by atoms with Gasteiger partial charge in [-0.3, -0.25) is 4.79 Å². The molecule has 1 amide bonds. The van der Waals surface area contributed by atoms with E-state index in [0.29, 0.717) is 0 Å². The molecule has 0 atom stereocenters. The number of halogens is 1. The smallest absolute Gasteiger partial charge is 0.265 e. The van der Waals surface area contributed by atoms with Crippen molar-refractivity contribution in [2.45, 2.75) is 25.8 Å². The van der Waals surface area contributed by atoms with Gasteiger partial charge in [0.1, 0.15) is 4.88 Å². The summed E-state index contributed by atoms with van der Waals surface area (Å²) in [6.07, 6.45) is 2.60. The zero-order valence-electron chi connectivity index (χ0n) is 10.9. The Morgan fingerprint density at radius 2 is 2.11 bits per heavy atom. The van der Waals surface area contributed by atoms with Gasteiger partial charge in [0.2, 0.25) is 0 Å². The molecule has 0 aliphatic heterocycles. The van der Waals surface area contributed by atoms with Crippen molar-refractivity contribution in [2.24, 2.45) is 0 Å². The standard InChI is InChI=1S/C12H18BrN3OS/c1-8-10(18-12(13)14-8)11(17)16(3)7-6-15(2)9-4-5-9/h9H,4-7H2,1-3H3. The van der Waals surface area contributed by atoms with Crippen LogP contribution in [0.1, 0.15) is 28.2 Å². The lowest BCUT2D eigenvalue weighted by atomic mass is 10.3. The Morgan fingerprint density at radius 1 is 1.44 bits per heavy atom. The maximum atomic E-state index is 12.2. The van der Waals surface area contributed by atoms with Crippen LogP contribution in [0.15, 0.2) is 3.92 Å². The monoisotopic (exact) mass is 331 g/mol. The number of carbonyl (C=O) groups is 1. The van der Waals surface area contributed by atoms with E-state index in [1.807, 2.05) is 14.0 Å². The average molecular weight is 332 g/mol. The van der Waals surface area contributed by atoms with Crippen LogP contribution in [0.4, 0.5) is 0 Å². The van der Waals surface area contributed by atoms with Crippen LogP contribution in [0.3, 0.4) is 0 Å². The van der Waals surface area contributed by atoms with Gasteiger partial charge in [-0.25, -0.2) is 4.98 Å². The Kier molecular flexibility index (Phi) is 4.40. The molecule has 1 aromatic heterocycles. The highest BCUT2D eigenvalue weighted by Crippen LogP contribution is 2.25. The van der Waals surface area contributed by atoms with Crippen LogP contribution in [0, 0.1) is 6.92 Å². The number of rotatable bonds is 5. The summed E-state index contributed by atoms with van der Waals surface area (Å²) in [7, 11) is 3.99. The summed E-state index contributed by atoms with van der Waals surface area (Å²) in [6, 6.07) is 0.743. The van der Waals surface area contributed by atoms with E-state index in [1.54, 1.807) is 4.90 Å². The summed E-state index contributed by atoms with van der Waals surface area (Å²) in [5, 5.41) is 0. The molecule has 0 radical (unpaired) electrons. The van der Waals surface area contributed by atoms with Gasteiger partial charge < -0.3 is 9.80 Å². The fourth-order valence-electron chi connectivity index (χ4n) is 1.84. The summed E-state index contributed by atoms with van der Waals surface area (Å²) in [4.78, 5) is 21.3. The van der Waals surface area contributed by atoms with E-state index >= 15 is 0 Å². The number of hydrogen-bond donors (Lipinski definition) is 0. The molecule has 0 bridgehead atoms. The molecular formula is C12H18BrN3OS. The minimum Gasteiger partial charge on any atom is -0.340 e. The molecule has 1 saturated carbocycles. The fraction of sp³-hybridized carbons (Fsp3) is 0.667. The van der Waals surface area contributed by atoms with Gasteiger partial charge in [0.05, 0.1) is 5.69 Å². The maximum Gasteiger partial charge on any atom is 0.265 e. The lowest BCUT2D eigenvalue weighted by molar-refractivity contribution is 0.0785. The van der Waals surface area contributed by atoms with E-state index in [9.17, 15) is 4.79 Å². The molecule has 1 aromatic rings. The largest absolute Gasteiger partial charge is 0.340 e. The Hall–Kier alpha value is -0.460. The normalized spacial score (nSPS) is 15.2. The molecule has 18 heavy (non-hydrogen) atoms. The van der Waals surface area contributed by atoms with Gasteiger partial charge in [-0.15, -0.1) is 11.3 Å². The third-order valence-electron chi connectivity index (χ3n) is 3.27. The highest BCUT2D eigenvalue weighted by molar-refractivity contribution is 9.11. The first kappa shape index (κ1) is 14.0. The highest BCUT2D eigenvalue weighted by Gasteiger charge is 2.26. The first-order valence-corrected chi connectivity index (χ1v) is 7.68. The summed E-state index contributed by atoms with van der Waals surface area (Å²) < 4.78 is 0.770. The lowest BCUT2D eigenvalue weighted by Gasteiger charge is -2.21. The molecule has 0 saturated heterocycles. The van der Waals surface area contributed by atoms with Crippen LogP contribution < -0.4 is 0 Å². The zero-order valence-corrected chi connectivity index (χ0v) is 13.3. The van der Waals surface area contributed by atoms with Crippen LogP contribution in [0.2, 0.25) is 0 Å². The topological polar surface area (TPSA) is 36.4 Å². The van der Waals surface area contributed by atoms with E-state index in [4.69, 9.17) is 0 Å². The molecule has 0 unspecified atom stereocenters. The Bertz CT molecular complexity index is 445. The second kappa shape index (κ2) is 5.67. The highest BCUT2D eigenvalue weighted by atomic mass is 79.9. The van der Waals surface area contributed by atoms with E-state index < -0.39 is 0 Å². The number of carbonyl (C=O) groups excluding carboxylic acids is 1. The molecule has 1 aliphatic carbocycles. The number of nitrogens with zero attached hydrogens (tertiary/aromatic N) is 3. The minimum absolute atomic E-state index is 0.0693. The van der Waals surface area contributed by atoms with E-state index in [0.717, 1.165) is 33.6 Å². The van der Waals surface area contributed by atoms with Crippen molar-refractivity contribution in [3.63, 3.8) is 0 Å². The molecule has 1 fully saturated rings. The Labute approximate surface area is 120 Å². The van der Waals surface area contributed by atoms with Gasteiger partial charge in [-0.2, -0.15) is 0 Å². The number of hydrogen-bond acceptors (Lipinski definition) is 4. The first-order chi connectivity index (χ1) is 8.49. The number of aromatic nitrogens is 1. The van der Waals surface area contributed by atoms with Crippen molar-refractivity contribution in [3.8, 4) is 0 Å². The van der Waals surface area contributed by atoms with Crippen molar-refractivity contribution in [1.82, 2.24) is 14.8 Å². The number of amides is 1. The van der Waals surface area contributed by atoms with Gasteiger partial charge in [-0.05, 0) is 42.7 Å². The molecule has 0 spiro atoms. The van der Waals surface area contributed by atoms with Crippen molar-refractivity contribution < 1.29 is 4.79 Å². The minimum atomic E-state index is 0.0693. The van der Waals surface area contributed by atoms with Crippen molar-refractivity contribution in [3.05, 3.63) is 14.5 Å². The molecule has 6 heteroatoms. The molecule has 100 valence electrons. The van der Waals surface area contributed by atoms with Crippen LogP contribution in [0.5, 0.6) is 0 Å². The third kappa shape index (κ3) is 3.30. The van der Waals surface area contributed by atoms with Gasteiger partial charge in [0, 0.05) is 26.2 Å². The second-order valence-electron chi connectivity index (χ2n) is 4.82. The van der Waals surface area contributed by atoms with Gasteiger partial charge in [0.15, 0.2) is 3.92 Å². The third-order valence-corrected chi connectivity index (χ3v) is 4.87. The van der Waals surface area contributed by atoms with Gasteiger partial charge in [-0.1, -0.05) is 0 Å². The van der Waals surface area contributed by atoms with Crippen LogP contribution in [-0.4, -0.2) is 53.9 Å². The molecular weight excluding hydrogens is 314 g/mol. The molecule has 2 rings (SSSR count). The molecule has 1 aliphatic rings. The fourth-order valence-corrected chi connectivity index (χ4v) is 3.38. The summed E-state index contributed by atoms with van der Waals surface area (Å²) in [5.74, 6) is 0.0693. The van der Waals surface area contributed by atoms with Gasteiger partial charge in [0.25, 0.3) is 5.91 Å². The Morgan fingerprint density at radius 3 is 2.61 bits per heavy atom. The first-order valence-electron chi connectivity index (χ1n) is 6.07. The SMILES string of the molecule is Cc1nc(Br)sc1C(=O)N(C)CCN(C)C1CC1. The predicted molar refractivity (Wildman–Crippen MR) is 77.2 cm³/mol. The molecule has 1 heterocycles. The second-order valence-corrected chi connectivity index (χ2v) is 7.09. The average Bonchev–Trinajstić information content (AvgIpc) is 3.11. The predicted octanol–water partition coefficient (Wildman–Crippen LogP) is 2.38.